The number of halogens is 1. The van der Waals surface area contributed by atoms with Crippen LogP contribution in [0.2, 0.25) is 0 Å². The lowest BCUT2D eigenvalue weighted by Crippen LogP contribution is -2.05. The summed E-state index contributed by atoms with van der Waals surface area (Å²) in [4.78, 5) is 4.44. The molecule has 1 saturated carbocycles. The van der Waals surface area contributed by atoms with Crippen molar-refractivity contribution in [2.75, 3.05) is 0 Å². The molecule has 1 aliphatic carbocycles. The highest BCUT2D eigenvalue weighted by atomic mass is 35.5. The average molecular weight is 243 g/mol. The predicted octanol–water partition coefficient (Wildman–Crippen LogP) is 4.20. The molecule has 0 N–H and O–H groups in total. The van der Waals surface area contributed by atoms with Crippen LogP contribution in [0.15, 0.2) is 4.52 Å². The molecule has 16 heavy (non-hydrogen) atoms. The molecule has 0 bridgehead atoms. The van der Waals surface area contributed by atoms with E-state index in [1.54, 1.807) is 0 Å². The predicted molar refractivity (Wildman–Crippen MR) is 63.6 cm³/mol. The molecule has 0 amide bonds. The normalized spacial score (nSPS) is 19.9. The van der Waals surface area contributed by atoms with Crippen LogP contribution in [0.3, 0.4) is 0 Å². The van der Waals surface area contributed by atoms with E-state index in [1.165, 1.54) is 32.1 Å². The van der Waals surface area contributed by atoms with E-state index in [2.05, 4.69) is 17.1 Å². The second-order valence-corrected chi connectivity index (χ2v) is 5.11. The van der Waals surface area contributed by atoms with Crippen molar-refractivity contribution in [3.8, 4) is 0 Å². The van der Waals surface area contributed by atoms with Crippen molar-refractivity contribution in [3.63, 3.8) is 0 Å². The summed E-state index contributed by atoms with van der Waals surface area (Å²) >= 11 is 6.17. The van der Waals surface area contributed by atoms with Gasteiger partial charge in [-0.25, -0.2) is 0 Å². The number of hydrogen-bond acceptors (Lipinski definition) is 3. The molecule has 1 unspecified atom stereocenters. The maximum absolute atomic E-state index is 6.17. The Kier molecular flexibility index (Phi) is 4.22. The summed E-state index contributed by atoms with van der Waals surface area (Å²) in [6.07, 6.45) is 8.21. The van der Waals surface area contributed by atoms with Gasteiger partial charge in [-0.05, 0) is 19.3 Å². The molecule has 1 aromatic heterocycles. The molecule has 0 spiro atoms. The van der Waals surface area contributed by atoms with Crippen LogP contribution in [0.4, 0.5) is 0 Å². The maximum Gasteiger partial charge on any atom is 0.229 e. The van der Waals surface area contributed by atoms with Gasteiger partial charge in [-0.15, -0.1) is 11.6 Å². The lowest BCUT2D eigenvalue weighted by molar-refractivity contribution is 0.312. The Morgan fingerprint density at radius 3 is 2.81 bits per heavy atom. The Labute approximate surface area is 102 Å². The first-order valence-corrected chi connectivity index (χ1v) is 6.72. The van der Waals surface area contributed by atoms with Gasteiger partial charge in [0, 0.05) is 5.92 Å². The number of aromatic nitrogens is 2. The molecular formula is C12H19ClN2O. The van der Waals surface area contributed by atoms with Gasteiger partial charge in [-0.1, -0.05) is 37.8 Å². The summed E-state index contributed by atoms with van der Waals surface area (Å²) in [5, 5.41) is 3.90. The van der Waals surface area contributed by atoms with Gasteiger partial charge in [0.05, 0.1) is 5.38 Å². The molecule has 0 saturated heterocycles. The van der Waals surface area contributed by atoms with Crippen LogP contribution in [0.5, 0.6) is 0 Å². The van der Waals surface area contributed by atoms with E-state index < -0.39 is 0 Å². The fourth-order valence-corrected chi connectivity index (χ4v) is 2.58. The molecule has 0 aromatic carbocycles. The third-order valence-corrected chi connectivity index (χ3v) is 3.65. The smallest absolute Gasteiger partial charge is 0.229 e. The quantitative estimate of drug-likeness (QED) is 0.743. The number of alkyl halides is 1. The van der Waals surface area contributed by atoms with Crippen molar-refractivity contribution in [1.29, 1.82) is 0 Å². The first-order chi connectivity index (χ1) is 7.81. The van der Waals surface area contributed by atoms with Gasteiger partial charge in [-0.2, -0.15) is 4.98 Å². The fraction of sp³-hybridized carbons (Fsp3) is 0.833. The zero-order valence-corrected chi connectivity index (χ0v) is 10.5. The Morgan fingerprint density at radius 2 is 2.12 bits per heavy atom. The van der Waals surface area contributed by atoms with Gasteiger partial charge in [0.2, 0.25) is 5.89 Å². The van der Waals surface area contributed by atoms with E-state index in [-0.39, 0.29) is 5.38 Å². The van der Waals surface area contributed by atoms with E-state index in [9.17, 15) is 0 Å². The summed E-state index contributed by atoms with van der Waals surface area (Å²) in [5.74, 6) is 1.95. The average Bonchev–Trinajstić information content (AvgIpc) is 2.80. The third-order valence-electron chi connectivity index (χ3n) is 3.23. The molecule has 0 radical (unpaired) electrons. The standard InChI is InChI=1S/C12H19ClN2O/c1-2-6-10(13)11-14-12(16-15-11)9-7-4-3-5-8-9/h9-10H,2-8H2,1H3. The van der Waals surface area contributed by atoms with Crippen LogP contribution in [0.1, 0.15) is 74.9 Å². The molecule has 90 valence electrons. The monoisotopic (exact) mass is 242 g/mol. The van der Waals surface area contributed by atoms with Gasteiger partial charge in [-0.3, -0.25) is 0 Å². The minimum atomic E-state index is -0.0916. The van der Waals surface area contributed by atoms with Gasteiger partial charge in [0.25, 0.3) is 0 Å². The third kappa shape index (κ3) is 2.76. The summed E-state index contributed by atoms with van der Waals surface area (Å²) in [5.41, 5.74) is 0. The first-order valence-electron chi connectivity index (χ1n) is 6.28. The van der Waals surface area contributed by atoms with E-state index in [4.69, 9.17) is 16.1 Å². The molecule has 1 aromatic rings. The van der Waals surface area contributed by atoms with Gasteiger partial charge in [0.15, 0.2) is 5.82 Å². The van der Waals surface area contributed by atoms with Crippen LogP contribution < -0.4 is 0 Å². The van der Waals surface area contributed by atoms with Crippen molar-refractivity contribution in [1.82, 2.24) is 10.1 Å². The number of hydrogen-bond donors (Lipinski definition) is 0. The van der Waals surface area contributed by atoms with Crippen LogP contribution in [0.25, 0.3) is 0 Å². The van der Waals surface area contributed by atoms with Crippen LogP contribution in [-0.2, 0) is 0 Å². The Morgan fingerprint density at radius 1 is 1.38 bits per heavy atom. The van der Waals surface area contributed by atoms with Crippen molar-refractivity contribution < 1.29 is 4.52 Å². The van der Waals surface area contributed by atoms with Crippen molar-refractivity contribution in [2.45, 2.75) is 63.2 Å². The highest BCUT2D eigenvalue weighted by Gasteiger charge is 2.23. The van der Waals surface area contributed by atoms with Gasteiger partial charge in [0.1, 0.15) is 0 Å². The van der Waals surface area contributed by atoms with Crippen molar-refractivity contribution in [2.24, 2.45) is 0 Å². The topological polar surface area (TPSA) is 38.9 Å². The minimum absolute atomic E-state index is 0.0916. The molecule has 3 nitrogen and oxygen atoms in total. The van der Waals surface area contributed by atoms with Crippen LogP contribution in [0, 0.1) is 0 Å². The molecular weight excluding hydrogens is 224 g/mol. The summed E-state index contributed by atoms with van der Waals surface area (Å²) < 4.78 is 5.33. The number of nitrogens with zero attached hydrogens (tertiary/aromatic N) is 2. The Hall–Kier alpha value is -0.570. The fourth-order valence-electron chi connectivity index (χ4n) is 2.27. The van der Waals surface area contributed by atoms with E-state index in [1.807, 2.05) is 0 Å². The maximum atomic E-state index is 6.17. The van der Waals surface area contributed by atoms with E-state index in [0.717, 1.165) is 18.7 Å². The van der Waals surface area contributed by atoms with Crippen molar-refractivity contribution in [3.05, 3.63) is 11.7 Å². The molecule has 2 rings (SSSR count). The first kappa shape index (κ1) is 11.9. The van der Waals surface area contributed by atoms with E-state index in [0.29, 0.717) is 11.7 Å². The SMILES string of the molecule is CCCC(Cl)c1noc(C2CCCCC2)n1. The lowest BCUT2D eigenvalue weighted by atomic mass is 9.89. The summed E-state index contributed by atoms with van der Waals surface area (Å²) in [7, 11) is 0. The highest BCUT2D eigenvalue weighted by molar-refractivity contribution is 6.20. The van der Waals surface area contributed by atoms with Gasteiger partial charge < -0.3 is 4.52 Å². The number of rotatable bonds is 4. The van der Waals surface area contributed by atoms with Crippen LogP contribution >= 0.6 is 11.6 Å². The lowest BCUT2D eigenvalue weighted by Gasteiger charge is -2.17. The largest absolute Gasteiger partial charge is 0.339 e. The zero-order chi connectivity index (χ0) is 11.4. The summed E-state index contributed by atoms with van der Waals surface area (Å²) in [6.45, 7) is 2.11. The highest BCUT2D eigenvalue weighted by Crippen LogP contribution is 2.33. The van der Waals surface area contributed by atoms with Crippen LogP contribution in [-0.4, -0.2) is 10.1 Å². The molecule has 0 aliphatic heterocycles. The second-order valence-electron chi connectivity index (χ2n) is 4.58. The second kappa shape index (κ2) is 5.67. The molecule has 1 atom stereocenters. The summed E-state index contributed by atoms with van der Waals surface area (Å²) in [6, 6.07) is 0. The molecule has 1 aliphatic rings. The van der Waals surface area contributed by atoms with E-state index >= 15 is 0 Å². The Balaban J connectivity index is 2.00. The Bertz CT molecular complexity index is 321. The molecule has 1 fully saturated rings. The minimum Gasteiger partial charge on any atom is -0.339 e. The molecule has 4 heteroatoms. The molecule has 1 heterocycles. The van der Waals surface area contributed by atoms with Gasteiger partial charge >= 0.3 is 0 Å². The zero-order valence-electron chi connectivity index (χ0n) is 9.79. The van der Waals surface area contributed by atoms with Crippen molar-refractivity contribution >= 4 is 11.6 Å².